The zero-order valence-electron chi connectivity index (χ0n) is 10.4. The van der Waals surface area contributed by atoms with Gasteiger partial charge in [-0.05, 0) is 32.0 Å². The second kappa shape index (κ2) is 5.13. The number of nitrogens with one attached hydrogen (secondary N) is 2. The number of aryl methyl sites for hydroxylation is 1. The van der Waals surface area contributed by atoms with Crippen LogP contribution in [-0.4, -0.2) is 21.1 Å². The Morgan fingerprint density at radius 3 is 2.79 bits per heavy atom. The van der Waals surface area contributed by atoms with Crippen LogP contribution in [0.1, 0.15) is 35.0 Å². The Bertz CT molecular complexity index is 612. The smallest absolute Gasteiger partial charge is 0.291 e. The summed E-state index contributed by atoms with van der Waals surface area (Å²) < 4.78 is 26.6. The molecule has 1 heterocycles. The van der Waals surface area contributed by atoms with Gasteiger partial charge in [0.1, 0.15) is 17.5 Å². The van der Waals surface area contributed by atoms with Crippen molar-refractivity contribution >= 4 is 5.91 Å². The maximum absolute atomic E-state index is 13.5. The third-order valence-corrected chi connectivity index (χ3v) is 2.57. The van der Waals surface area contributed by atoms with Crippen molar-refractivity contribution < 1.29 is 13.6 Å². The van der Waals surface area contributed by atoms with Crippen molar-refractivity contribution in [3.05, 3.63) is 47.0 Å². The molecule has 0 bridgehead atoms. The molecule has 0 saturated heterocycles. The number of amides is 1. The highest BCUT2D eigenvalue weighted by atomic mass is 19.1. The molecule has 0 aliphatic heterocycles. The molecule has 2 aromatic rings. The first kappa shape index (κ1) is 13.1. The fourth-order valence-corrected chi connectivity index (χ4v) is 1.63. The molecule has 7 heteroatoms. The van der Waals surface area contributed by atoms with Crippen LogP contribution >= 0.6 is 0 Å². The Balaban J connectivity index is 2.14. The first-order valence-corrected chi connectivity index (χ1v) is 5.62. The summed E-state index contributed by atoms with van der Waals surface area (Å²) in [5, 5.41) is 8.72. The third kappa shape index (κ3) is 2.93. The van der Waals surface area contributed by atoms with Crippen LogP contribution in [0.15, 0.2) is 18.2 Å². The quantitative estimate of drug-likeness (QED) is 0.891. The number of hydrogen-bond acceptors (Lipinski definition) is 3. The summed E-state index contributed by atoms with van der Waals surface area (Å²) in [5.41, 5.74) is 0.0700. The van der Waals surface area contributed by atoms with E-state index in [-0.39, 0.29) is 11.4 Å². The van der Waals surface area contributed by atoms with E-state index < -0.39 is 23.6 Å². The Labute approximate surface area is 108 Å². The van der Waals surface area contributed by atoms with Gasteiger partial charge in [0.15, 0.2) is 0 Å². The van der Waals surface area contributed by atoms with Gasteiger partial charge in [0, 0.05) is 5.56 Å². The van der Waals surface area contributed by atoms with Gasteiger partial charge in [0.05, 0.1) is 6.04 Å². The zero-order valence-corrected chi connectivity index (χ0v) is 10.4. The largest absolute Gasteiger partial charge is 0.343 e. The molecule has 1 unspecified atom stereocenters. The van der Waals surface area contributed by atoms with Gasteiger partial charge in [-0.2, -0.15) is 0 Å². The van der Waals surface area contributed by atoms with Crippen LogP contribution in [0, 0.1) is 18.6 Å². The minimum Gasteiger partial charge on any atom is -0.343 e. The van der Waals surface area contributed by atoms with E-state index in [0.29, 0.717) is 5.82 Å². The summed E-state index contributed by atoms with van der Waals surface area (Å²) in [5.74, 6) is -1.25. The lowest BCUT2D eigenvalue weighted by Gasteiger charge is -2.13. The van der Waals surface area contributed by atoms with Crippen molar-refractivity contribution in [2.24, 2.45) is 0 Å². The van der Waals surface area contributed by atoms with Gasteiger partial charge in [0.25, 0.3) is 5.91 Å². The SMILES string of the molecule is Cc1nc(C(=O)NC(C)c2cc(F)ccc2F)n[nH]1. The molecule has 1 atom stereocenters. The number of benzene rings is 1. The number of rotatable bonds is 3. The molecular weight excluding hydrogens is 254 g/mol. The van der Waals surface area contributed by atoms with Crippen molar-refractivity contribution in [3.63, 3.8) is 0 Å². The van der Waals surface area contributed by atoms with Crippen LogP contribution in [0.4, 0.5) is 8.78 Å². The molecule has 1 amide bonds. The molecule has 1 aromatic carbocycles. The Kier molecular flexibility index (Phi) is 3.55. The van der Waals surface area contributed by atoms with Crippen molar-refractivity contribution in [2.45, 2.75) is 19.9 Å². The van der Waals surface area contributed by atoms with Crippen LogP contribution in [0.5, 0.6) is 0 Å². The third-order valence-electron chi connectivity index (χ3n) is 2.57. The van der Waals surface area contributed by atoms with Gasteiger partial charge in [-0.1, -0.05) is 0 Å². The summed E-state index contributed by atoms with van der Waals surface area (Å²) >= 11 is 0. The molecule has 1 aromatic heterocycles. The minimum atomic E-state index is -0.693. The van der Waals surface area contributed by atoms with Gasteiger partial charge in [-0.3, -0.25) is 9.89 Å². The molecule has 0 saturated carbocycles. The fraction of sp³-hybridized carbons (Fsp3) is 0.250. The summed E-state index contributed by atoms with van der Waals surface area (Å²) in [6.45, 7) is 3.20. The maximum Gasteiger partial charge on any atom is 0.291 e. The van der Waals surface area contributed by atoms with E-state index in [1.165, 1.54) is 0 Å². The molecule has 0 aliphatic rings. The highest BCUT2D eigenvalue weighted by molar-refractivity contribution is 5.90. The summed E-state index contributed by atoms with van der Waals surface area (Å²) in [6, 6.07) is 2.39. The molecular formula is C12H12F2N4O. The molecule has 2 rings (SSSR count). The summed E-state index contributed by atoms with van der Waals surface area (Å²) in [6.07, 6.45) is 0. The van der Waals surface area contributed by atoms with Crippen molar-refractivity contribution in [3.8, 4) is 0 Å². The lowest BCUT2D eigenvalue weighted by molar-refractivity contribution is 0.0929. The number of hydrogen-bond donors (Lipinski definition) is 2. The average molecular weight is 266 g/mol. The monoisotopic (exact) mass is 266 g/mol. The predicted molar refractivity (Wildman–Crippen MR) is 63.4 cm³/mol. The van der Waals surface area contributed by atoms with Gasteiger partial charge >= 0.3 is 0 Å². The lowest BCUT2D eigenvalue weighted by atomic mass is 10.1. The first-order valence-electron chi connectivity index (χ1n) is 5.62. The standard InChI is InChI=1S/C12H12F2N4O/c1-6(9-5-8(13)3-4-10(9)14)15-12(19)11-16-7(2)17-18-11/h3-6H,1-2H3,(H,15,19)(H,16,17,18). The van der Waals surface area contributed by atoms with E-state index in [0.717, 1.165) is 18.2 Å². The molecule has 0 spiro atoms. The Hall–Kier alpha value is -2.31. The highest BCUT2D eigenvalue weighted by Crippen LogP contribution is 2.18. The van der Waals surface area contributed by atoms with Crippen molar-refractivity contribution in [1.82, 2.24) is 20.5 Å². The van der Waals surface area contributed by atoms with E-state index >= 15 is 0 Å². The van der Waals surface area contributed by atoms with Gasteiger partial charge in [0.2, 0.25) is 5.82 Å². The first-order chi connectivity index (χ1) is 8.97. The normalized spacial score (nSPS) is 12.2. The second-order valence-corrected chi connectivity index (χ2v) is 4.11. The van der Waals surface area contributed by atoms with E-state index in [2.05, 4.69) is 20.5 Å². The van der Waals surface area contributed by atoms with Crippen molar-refractivity contribution in [1.29, 1.82) is 0 Å². The predicted octanol–water partition coefficient (Wildman–Crippen LogP) is 1.88. The van der Waals surface area contributed by atoms with Gasteiger partial charge in [-0.25, -0.2) is 13.8 Å². The van der Waals surface area contributed by atoms with E-state index in [1.54, 1.807) is 13.8 Å². The van der Waals surface area contributed by atoms with Gasteiger partial charge < -0.3 is 5.32 Å². The van der Waals surface area contributed by atoms with Crippen LogP contribution < -0.4 is 5.32 Å². The molecule has 19 heavy (non-hydrogen) atoms. The molecule has 0 aliphatic carbocycles. The number of aromatic amines is 1. The lowest BCUT2D eigenvalue weighted by Crippen LogP contribution is -2.28. The van der Waals surface area contributed by atoms with Crippen LogP contribution in [0.2, 0.25) is 0 Å². The summed E-state index contributed by atoms with van der Waals surface area (Å²) in [4.78, 5) is 15.6. The second-order valence-electron chi connectivity index (χ2n) is 4.11. The van der Waals surface area contributed by atoms with E-state index in [1.807, 2.05) is 0 Å². The highest BCUT2D eigenvalue weighted by Gasteiger charge is 2.18. The van der Waals surface area contributed by atoms with E-state index in [4.69, 9.17) is 0 Å². The van der Waals surface area contributed by atoms with Crippen LogP contribution in [-0.2, 0) is 0 Å². The van der Waals surface area contributed by atoms with Gasteiger partial charge in [-0.15, -0.1) is 5.10 Å². The fourth-order valence-electron chi connectivity index (χ4n) is 1.63. The zero-order chi connectivity index (χ0) is 14.0. The average Bonchev–Trinajstić information content (AvgIpc) is 2.79. The number of nitrogens with zero attached hydrogens (tertiary/aromatic N) is 2. The number of aromatic nitrogens is 3. The van der Waals surface area contributed by atoms with Crippen molar-refractivity contribution in [2.75, 3.05) is 0 Å². The number of carbonyl (C=O) groups is 1. The molecule has 5 nitrogen and oxygen atoms in total. The Morgan fingerprint density at radius 1 is 1.42 bits per heavy atom. The molecule has 100 valence electrons. The number of halogens is 2. The number of carbonyl (C=O) groups excluding carboxylic acids is 1. The molecule has 0 radical (unpaired) electrons. The number of H-pyrrole nitrogens is 1. The minimum absolute atomic E-state index is 0.0406. The topological polar surface area (TPSA) is 70.7 Å². The van der Waals surface area contributed by atoms with Crippen LogP contribution in [0.3, 0.4) is 0 Å². The summed E-state index contributed by atoms with van der Waals surface area (Å²) in [7, 11) is 0. The molecule has 0 fully saturated rings. The molecule has 2 N–H and O–H groups in total. The Morgan fingerprint density at radius 2 is 2.16 bits per heavy atom. The maximum atomic E-state index is 13.5. The van der Waals surface area contributed by atoms with Crippen LogP contribution in [0.25, 0.3) is 0 Å². The van der Waals surface area contributed by atoms with E-state index in [9.17, 15) is 13.6 Å².